The summed E-state index contributed by atoms with van der Waals surface area (Å²) in [6.45, 7) is 7.46. The summed E-state index contributed by atoms with van der Waals surface area (Å²) in [6, 6.07) is -0.193. The van der Waals surface area contributed by atoms with Gasteiger partial charge in [-0.25, -0.2) is 4.79 Å². The highest BCUT2D eigenvalue weighted by atomic mass is 16.5. The lowest BCUT2D eigenvalue weighted by Crippen LogP contribution is -2.54. The molecule has 2 fully saturated rings. The molecule has 0 saturated carbocycles. The lowest BCUT2D eigenvalue weighted by atomic mass is 9.90. The molecule has 0 aromatic carbocycles. The summed E-state index contributed by atoms with van der Waals surface area (Å²) < 4.78 is 5.59. The summed E-state index contributed by atoms with van der Waals surface area (Å²) in [4.78, 5) is 25.1. The Kier molecular flexibility index (Phi) is 4.22. The molecule has 20 heavy (non-hydrogen) atoms. The van der Waals surface area contributed by atoms with Crippen molar-refractivity contribution >= 4 is 12.0 Å². The number of hydrogen-bond acceptors (Lipinski definition) is 3. The van der Waals surface area contributed by atoms with Crippen molar-refractivity contribution in [1.29, 1.82) is 0 Å². The molecule has 2 saturated heterocycles. The van der Waals surface area contributed by atoms with E-state index >= 15 is 0 Å². The number of aliphatic carboxylic acids is 1. The molecule has 114 valence electrons. The maximum Gasteiger partial charge on any atom is 0.317 e. The van der Waals surface area contributed by atoms with Gasteiger partial charge >= 0.3 is 12.0 Å². The van der Waals surface area contributed by atoms with Crippen molar-refractivity contribution < 1.29 is 19.4 Å². The molecule has 0 aliphatic carbocycles. The molecule has 3 atom stereocenters. The molecule has 6 heteroatoms. The predicted octanol–water partition coefficient (Wildman–Crippen LogP) is 1.31. The standard InChI is InChI=1S/C14H24N2O4/c1-9-6-10(12(17)18)8-16(7-9)13(19)15-11-4-5-20-14(11,2)3/h9-11H,4-8H2,1-3H3,(H,15,19)(H,17,18). The van der Waals surface area contributed by atoms with Crippen LogP contribution in [-0.2, 0) is 9.53 Å². The van der Waals surface area contributed by atoms with Crippen molar-refractivity contribution in [1.82, 2.24) is 10.2 Å². The predicted molar refractivity (Wildman–Crippen MR) is 73.4 cm³/mol. The van der Waals surface area contributed by atoms with Crippen LogP contribution >= 0.6 is 0 Å². The number of carboxylic acid groups (broad SMARTS) is 1. The third-order valence-corrected chi connectivity index (χ3v) is 4.31. The Bertz CT molecular complexity index is 397. The third-order valence-electron chi connectivity index (χ3n) is 4.31. The Morgan fingerprint density at radius 3 is 2.60 bits per heavy atom. The summed E-state index contributed by atoms with van der Waals surface area (Å²) in [5, 5.41) is 12.1. The maximum atomic E-state index is 12.3. The van der Waals surface area contributed by atoms with Crippen molar-refractivity contribution in [2.45, 2.75) is 45.3 Å². The zero-order chi connectivity index (χ0) is 14.9. The van der Waals surface area contributed by atoms with Gasteiger partial charge < -0.3 is 20.1 Å². The Labute approximate surface area is 119 Å². The van der Waals surface area contributed by atoms with Crippen molar-refractivity contribution in [2.75, 3.05) is 19.7 Å². The first-order valence-corrected chi connectivity index (χ1v) is 7.22. The molecule has 3 unspecified atom stereocenters. The molecule has 2 rings (SSSR count). The molecule has 2 amide bonds. The molecule has 0 bridgehead atoms. The number of carbonyl (C=O) groups excluding carboxylic acids is 1. The van der Waals surface area contributed by atoms with Gasteiger partial charge in [0.15, 0.2) is 0 Å². The number of amides is 2. The minimum Gasteiger partial charge on any atom is -0.481 e. The number of rotatable bonds is 2. The number of urea groups is 1. The smallest absolute Gasteiger partial charge is 0.317 e. The summed E-state index contributed by atoms with van der Waals surface area (Å²) in [7, 11) is 0. The van der Waals surface area contributed by atoms with Gasteiger partial charge in [-0.1, -0.05) is 6.92 Å². The summed E-state index contributed by atoms with van der Waals surface area (Å²) in [5.41, 5.74) is -0.358. The number of carboxylic acids is 1. The number of carbonyl (C=O) groups is 2. The van der Waals surface area contributed by atoms with E-state index in [-0.39, 0.29) is 23.6 Å². The van der Waals surface area contributed by atoms with Crippen LogP contribution in [0.1, 0.15) is 33.6 Å². The Morgan fingerprint density at radius 2 is 2.05 bits per heavy atom. The second-order valence-electron chi connectivity index (χ2n) is 6.52. The molecule has 2 aliphatic rings. The number of hydrogen-bond donors (Lipinski definition) is 2. The normalized spacial score (nSPS) is 33.0. The number of nitrogens with zero attached hydrogens (tertiary/aromatic N) is 1. The van der Waals surface area contributed by atoms with E-state index in [4.69, 9.17) is 9.84 Å². The first-order valence-electron chi connectivity index (χ1n) is 7.22. The van der Waals surface area contributed by atoms with Gasteiger partial charge in [0, 0.05) is 19.7 Å². The van der Waals surface area contributed by atoms with Crippen LogP contribution in [0.5, 0.6) is 0 Å². The average molecular weight is 284 g/mol. The Balaban J connectivity index is 1.96. The van der Waals surface area contributed by atoms with Crippen molar-refractivity contribution in [3.63, 3.8) is 0 Å². The van der Waals surface area contributed by atoms with Crippen LogP contribution in [0.15, 0.2) is 0 Å². The quantitative estimate of drug-likeness (QED) is 0.801. The molecule has 0 aromatic rings. The minimum absolute atomic E-state index is 0.0180. The van der Waals surface area contributed by atoms with E-state index < -0.39 is 11.9 Å². The van der Waals surface area contributed by atoms with E-state index in [9.17, 15) is 9.59 Å². The molecule has 0 radical (unpaired) electrons. The van der Waals surface area contributed by atoms with E-state index in [0.717, 1.165) is 6.42 Å². The fourth-order valence-electron chi connectivity index (χ4n) is 3.07. The van der Waals surface area contributed by atoms with Crippen LogP contribution in [0.25, 0.3) is 0 Å². The van der Waals surface area contributed by atoms with Gasteiger partial charge in [-0.2, -0.15) is 0 Å². The second-order valence-corrected chi connectivity index (χ2v) is 6.52. The van der Waals surface area contributed by atoms with E-state index in [1.165, 1.54) is 0 Å². The molecule has 2 heterocycles. The molecular weight excluding hydrogens is 260 g/mol. The molecule has 2 N–H and O–H groups in total. The van der Waals surface area contributed by atoms with Crippen molar-refractivity contribution in [3.8, 4) is 0 Å². The van der Waals surface area contributed by atoms with Gasteiger partial charge in [0.25, 0.3) is 0 Å². The van der Waals surface area contributed by atoms with E-state index in [1.54, 1.807) is 4.90 Å². The van der Waals surface area contributed by atoms with Crippen molar-refractivity contribution in [2.24, 2.45) is 11.8 Å². The summed E-state index contributed by atoms with van der Waals surface area (Å²) >= 11 is 0. The van der Waals surface area contributed by atoms with Crippen LogP contribution in [0.4, 0.5) is 4.79 Å². The Morgan fingerprint density at radius 1 is 1.35 bits per heavy atom. The monoisotopic (exact) mass is 284 g/mol. The lowest BCUT2D eigenvalue weighted by Gasteiger charge is -2.36. The first-order chi connectivity index (χ1) is 9.29. The van der Waals surface area contributed by atoms with Crippen LogP contribution in [0.3, 0.4) is 0 Å². The van der Waals surface area contributed by atoms with Gasteiger partial charge in [-0.3, -0.25) is 4.79 Å². The van der Waals surface area contributed by atoms with Crippen LogP contribution in [0, 0.1) is 11.8 Å². The highest BCUT2D eigenvalue weighted by molar-refractivity contribution is 5.77. The largest absolute Gasteiger partial charge is 0.481 e. The fraction of sp³-hybridized carbons (Fsp3) is 0.857. The molecule has 2 aliphatic heterocycles. The van der Waals surface area contributed by atoms with E-state index in [0.29, 0.717) is 26.1 Å². The molecule has 0 aromatic heterocycles. The van der Waals surface area contributed by atoms with Gasteiger partial charge in [0.2, 0.25) is 0 Å². The van der Waals surface area contributed by atoms with Gasteiger partial charge in [-0.05, 0) is 32.6 Å². The first kappa shape index (κ1) is 15.1. The zero-order valence-electron chi connectivity index (χ0n) is 12.4. The lowest BCUT2D eigenvalue weighted by molar-refractivity contribution is -0.143. The average Bonchev–Trinajstić information content (AvgIpc) is 2.68. The number of piperidine rings is 1. The highest BCUT2D eigenvalue weighted by Gasteiger charge is 2.39. The van der Waals surface area contributed by atoms with Crippen molar-refractivity contribution in [3.05, 3.63) is 0 Å². The van der Waals surface area contributed by atoms with Gasteiger partial charge in [0.05, 0.1) is 17.6 Å². The van der Waals surface area contributed by atoms with Crippen LogP contribution in [-0.4, -0.2) is 53.3 Å². The number of ether oxygens (including phenoxy) is 1. The minimum atomic E-state index is -0.820. The highest BCUT2D eigenvalue weighted by Crippen LogP contribution is 2.26. The summed E-state index contributed by atoms with van der Waals surface area (Å²) in [6.07, 6.45) is 1.43. The number of nitrogens with one attached hydrogen (secondary N) is 1. The van der Waals surface area contributed by atoms with Gasteiger partial charge in [0.1, 0.15) is 0 Å². The molecular formula is C14H24N2O4. The number of likely N-dealkylation sites (tertiary alicyclic amines) is 1. The maximum absolute atomic E-state index is 12.3. The topological polar surface area (TPSA) is 78.9 Å². The Hall–Kier alpha value is -1.30. The fourth-order valence-corrected chi connectivity index (χ4v) is 3.07. The van der Waals surface area contributed by atoms with Crippen LogP contribution in [0.2, 0.25) is 0 Å². The van der Waals surface area contributed by atoms with Crippen LogP contribution < -0.4 is 5.32 Å². The molecule has 6 nitrogen and oxygen atoms in total. The molecule has 0 spiro atoms. The van der Waals surface area contributed by atoms with Gasteiger partial charge in [-0.15, -0.1) is 0 Å². The zero-order valence-corrected chi connectivity index (χ0v) is 12.4. The second kappa shape index (κ2) is 5.60. The van der Waals surface area contributed by atoms with E-state index in [1.807, 2.05) is 20.8 Å². The van der Waals surface area contributed by atoms with E-state index in [2.05, 4.69) is 5.32 Å². The summed E-state index contributed by atoms with van der Waals surface area (Å²) in [5.74, 6) is -1.07. The SMILES string of the molecule is CC1CC(C(=O)O)CN(C(=O)NC2CCOC2(C)C)C1. The third kappa shape index (κ3) is 3.23.